The maximum atomic E-state index is 11.2. The second-order valence-corrected chi connectivity index (χ2v) is 6.16. The molecule has 0 saturated heterocycles. The summed E-state index contributed by atoms with van der Waals surface area (Å²) in [7, 11) is 0.924. The van der Waals surface area contributed by atoms with Gasteiger partial charge in [0, 0.05) is 16.7 Å². The molecule has 0 atom stereocenters. The van der Waals surface area contributed by atoms with Crippen molar-refractivity contribution in [1.82, 2.24) is 0 Å². The zero-order valence-electron chi connectivity index (χ0n) is 7.35. The van der Waals surface area contributed by atoms with Gasteiger partial charge >= 0.3 is 0 Å². The van der Waals surface area contributed by atoms with Gasteiger partial charge in [-0.15, -0.1) is 0 Å². The van der Waals surface area contributed by atoms with Gasteiger partial charge in [0.2, 0.25) is 0 Å². The third kappa shape index (κ3) is 2.42. The highest BCUT2D eigenvalue weighted by Crippen LogP contribution is 2.32. The Labute approximate surface area is 109 Å². The first kappa shape index (κ1) is 13.1. The van der Waals surface area contributed by atoms with Crippen LogP contribution in [0, 0.1) is 25.0 Å². The minimum Gasteiger partial charge on any atom is -0.258 e. The number of nitrogens with zero attached hydrogens (tertiary/aromatic N) is 2. The van der Waals surface area contributed by atoms with Crippen LogP contribution in [0.3, 0.4) is 0 Å². The topological polar surface area (TPSA) is 101 Å². The van der Waals surface area contributed by atoms with Crippen LogP contribution < -0.4 is 0 Å². The molecule has 0 N–H and O–H groups in total. The van der Waals surface area contributed by atoms with Crippen LogP contribution in [-0.4, -0.2) is 13.3 Å². The average Bonchev–Trinajstić information content (AvgIpc) is 2.14. The minimum absolute atomic E-state index is 0.170. The van der Waals surface area contributed by atoms with Gasteiger partial charge in [0.1, 0.15) is 14.5 Å². The van der Waals surface area contributed by atoms with Gasteiger partial charge in [-0.05, 0) is 28.7 Å². The van der Waals surface area contributed by atoms with Crippen LogP contribution in [-0.2, 0) is 9.05 Å². The molecule has 1 rings (SSSR count). The van der Waals surface area contributed by atoms with E-state index in [1.165, 1.54) is 22.6 Å². The molecule has 0 amide bonds. The lowest BCUT2D eigenvalue weighted by Gasteiger charge is -2.03. The number of nitro groups is 1. The molecule has 0 heterocycles. The van der Waals surface area contributed by atoms with Crippen molar-refractivity contribution in [1.29, 1.82) is 5.26 Å². The molecule has 1 aromatic rings. The Kier molecular flexibility index (Phi) is 3.72. The summed E-state index contributed by atoms with van der Waals surface area (Å²) in [4.78, 5) is 9.32. The van der Waals surface area contributed by atoms with Gasteiger partial charge < -0.3 is 0 Å². The Bertz CT molecular complexity index is 608. The third-order valence-electron chi connectivity index (χ3n) is 1.64. The molecule has 0 saturated carbocycles. The summed E-state index contributed by atoms with van der Waals surface area (Å²) in [6.07, 6.45) is 0. The van der Waals surface area contributed by atoms with Crippen LogP contribution in [0.5, 0.6) is 0 Å². The molecule has 0 spiro atoms. The number of hydrogen-bond acceptors (Lipinski definition) is 5. The van der Waals surface area contributed by atoms with E-state index >= 15 is 0 Å². The van der Waals surface area contributed by atoms with Crippen LogP contribution in [0.2, 0.25) is 0 Å². The van der Waals surface area contributed by atoms with E-state index in [1.54, 1.807) is 6.07 Å². The average molecular weight is 373 g/mol. The molecule has 0 aliphatic rings. The molecule has 0 aliphatic carbocycles. The summed E-state index contributed by atoms with van der Waals surface area (Å²) in [5, 5.41) is 19.3. The van der Waals surface area contributed by atoms with Crippen LogP contribution in [0.4, 0.5) is 5.69 Å². The predicted molar refractivity (Wildman–Crippen MR) is 63.6 cm³/mol. The van der Waals surface area contributed by atoms with E-state index < -0.39 is 24.6 Å². The molecule has 0 aliphatic heterocycles. The Balaban J connectivity index is 3.76. The van der Waals surface area contributed by atoms with Crippen LogP contribution in [0.15, 0.2) is 17.0 Å². The number of halogens is 2. The summed E-state index contributed by atoms with van der Waals surface area (Å²) in [6.45, 7) is 0. The van der Waals surface area contributed by atoms with E-state index in [0.717, 1.165) is 12.1 Å². The van der Waals surface area contributed by atoms with E-state index in [0.29, 0.717) is 0 Å². The fourth-order valence-electron chi connectivity index (χ4n) is 1.01. The summed E-state index contributed by atoms with van der Waals surface area (Å²) in [5.41, 5.74) is -0.621. The monoisotopic (exact) mass is 372 g/mol. The molecular formula is C7H2ClIN2O4S. The smallest absolute Gasteiger partial charge is 0.258 e. The van der Waals surface area contributed by atoms with E-state index in [-0.39, 0.29) is 9.13 Å². The third-order valence-corrected chi connectivity index (χ3v) is 4.47. The number of rotatable bonds is 2. The van der Waals surface area contributed by atoms with E-state index in [1.807, 2.05) is 0 Å². The molecule has 0 aromatic heterocycles. The molecule has 84 valence electrons. The van der Waals surface area contributed by atoms with Gasteiger partial charge in [-0.3, -0.25) is 10.1 Å². The number of nitro benzene ring substituents is 1. The van der Waals surface area contributed by atoms with Crippen LogP contribution in [0.25, 0.3) is 0 Å². The Morgan fingerprint density at radius 2 is 2.06 bits per heavy atom. The molecule has 9 heteroatoms. The van der Waals surface area contributed by atoms with E-state index in [9.17, 15) is 18.5 Å². The lowest BCUT2D eigenvalue weighted by molar-refractivity contribution is -0.386. The maximum absolute atomic E-state index is 11.2. The lowest BCUT2D eigenvalue weighted by atomic mass is 10.2. The number of hydrogen-bond donors (Lipinski definition) is 0. The van der Waals surface area contributed by atoms with Crippen molar-refractivity contribution in [3.05, 3.63) is 31.4 Å². The van der Waals surface area contributed by atoms with Gasteiger partial charge in [-0.25, -0.2) is 8.42 Å². The van der Waals surface area contributed by atoms with Crippen LogP contribution >= 0.6 is 33.3 Å². The highest BCUT2D eigenvalue weighted by atomic mass is 127. The Morgan fingerprint density at radius 1 is 1.50 bits per heavy atom. The van der Waals surface area contributed by atoms with Crippen molar-refractivity contribution >= 4 is 48.0 Å². The molecule has 0 unspecified atom stereocenters. The van der Waals surface area contributed by atoms with Crippen molar-refractivity contribution in [2.45, 2.75) is 4.90 Å². The zero-order valence-corrected chi connectivity index (χ0v) is 11.1. The van der Waals surface area contributed by atoms with E-state index in [2.05, 4.69) is 0 Å². The minimum atomic E-state index is -4.19. The summed E-state index contributed by atoms with van der Waals surface area (Å²) in [6, 6.07) is 3.73. The molecule has 6 nitrogen and oxygen atoms in total. The van der Waals surface area contributed by atoms with Gasteiger partial charge in [0.05, 0.1) is 10.5 Å². The maximum Gasteiger partial charge on any atom is 0.284 e. The molecule has 0 bridgehead atoms. The predicted octanol–water partition coefficient (Wildman–Crippen LogP) is 2.00. The fourth-order valence-corrected chi connectivity index (χ4v) is 4.12. The van der Waals surface area contributed by atoms with Gasteiger partial charge in [0.25, 0.3) is 14.7 Å². The van der Waals surface area contributed by atoms with Crippen molar-refractivity contribution in [3.8, 4) is 6.07 Å². The SMILES string of the molecule is N#Cc1ccc([N+](=O)[O-])c(I)c1S(=O)(=O)Cl. The molecule has 16 heavy (non-hydrogen) atoms. The van der Waals surface area contributed by atoms with Crippen LogP contribution in [0.1, 0.15) is 5.56 Å². The summed E-state index contributed by atoms with van der Waals surface area (Å²) >= 11 is 1.47. The normalized spacial score (nSPS) is 10.8. The molecular weight excluding hydrogens is 371 g/mol. The zero-order chi connectivity index (χ0) is 12.5. The van der Waals surface area contributed by atoms with Gasteiger partial charge in [-0.1, -0.05) is 0 Å². The fraction of sp³-hybridized carbons (Fsp3) is 0. The quantitative estimate of drug-likeness (QED) is 0.342. The number of benzene rings is 1. The molecule has 1 aromatic carbocycles. The second-order valence-electron chi connectivity index (χ2n) is 2.58. The summed E-state index contributed by atoms with van der Waals surface area (Å²) in [5.74, 6) is 0. The van der Waals surface area contributed by atoms with E-state index in [4.69, 9.17) is 15.9 Å². The standard InChI is InChI=1S/C7H2ClIN2O4S/c8-16(14,15)7-4(3-10)1-2-5(6(7)9)11(12)13/h1-2H. The highest BCUT2D eigenvalue weighted by Gasteiger charge is 2.26. The van der Waals surface area contributed by atoms with Gasteiger partial charge in [-0.2, -0.15) is 5.26 Å². The van der Waals surface area contributed by atoms with Crippen molar-refractivity contribution in [2.75, 3.05) is 0 Å². The van der Waals surface area contributed by atoms with Gasteiger partial charge in [0.15, 0.2) is 0 Å². The first-order valence-electron chi connectivity index (χ1n) is 3.60. The van der Waals surface area contributed by atoms with Crippen molar-refractivity contribution < 1.29 is 13.3 Å². The Morgan fingerprint density at radius 3 is 2.44 bits per heavy atom. The first-order valence-corrected chi connectivity index (χ1v) is 6.99. The molecule has 0 radical (unpaired) electrons. The van der Waals surface area contributed by atoms with Crippen molar-refractivity contribution in [2.24, 2.45) is 0 Å². The first-order chi connectivity index (χ1) is 7.29. The second kappa shape index (κ2) is 4.52. The molecule has 0 fully saturated rings. The highest BCUT2D eigenvalue weighted by molar-refractivity contribution is 14.1. The largest absolute Gasteiger partial charge is 0.284 e. The summed E-state index contributed by atoms with van der Waals surface area (Å²) < 4.78 is 22.2. The van der Waals surface area contributed by atoms with Crippen molar-refractivity contribution in [3.63, 3.8) is 0 Å². The number of nitriles is 1. The lowest BCUT2D eigenvalue weighted by Crippen LogP contribution is -2.02. The Hall–Kier alpha value is -0.920.